The molecule has 3 atom stereocenters. The fourth-order valence-electron chi connectivity index (χ4n) is 3.29. The van der Waals surface area contributed by atoms with Crippen LogP contribution in [0.15, 0.2) is 24.3 Å². The van der Waals surface area contributed by atoms with E-state index in [4.69, 9.17) is 9.57 Å². The number of amides is 2. The Bertz CT molecular complexity index is 798. The molecule has 3 N–H and O–H groups in total. The molecule has 34 heavy (non-hydrogen) atoms. The Hall–Kier alpha value is -2.29. The number of hydroxylamine groups is 1. The second-order valence-corrected chi connectivity index (χ2v) is 9.39. The van der Waals surface area contributed by atoms with Gasteiger partial charge in [0.25, 0.3) is 0 Å². The van der Waals surface area contributed by atoms with Crippen molar-refractivity contribution >= 4 is 23.3 Å². The van der Waals surface area contributed by atoms with Crippen LogP contribution >= 0.6 is 0 Å². The molecular weight excluding hydrogens is 434 g/mol. The van der Waals surface area contributed by atoms with Crippen molar-refractivity contribution in [3.05, 3.63) is 29.8 Å². The second kappa shape index (κ2) is 14.2. The monoisotopic (exact) mass is 477 g/mol. The fraction of sp³-hybridized carbons (Fsp3) is 0.654. The Morgan fingerprint density at radius 2 is 1.68 bits per heavy atom. The van der Waals surface area contributed by atoms with Crippen LogP contribution in [-0.4, -0.2) is 42.9 Å². The van der Waals surface area contributed by atoms with Crippen molar-refractivity contribution in [3.63, 3.8) is 0 Å². The van der Waals surface area contributed by atoms with Crippen molar-refractivity contribution in [2.45, 2.75) is 91.9 Å². The molecule has 1 aromatic rings. The molecule has 0 spiro atoms. The summed E-state index contributed by atoms with van der Waals surface area (Å²) in [7, 11) is 1.69. The first-order chi connectivity index (χ1) is 16.0. The highest BCUT2D eigenvalue weighted by Gasteiger charge is 2.34. The SMILES string of the molecule is CCC(C)(CCC(C)=O)OCCC(C)(CC)C(=O)N[C@H](C)C(=O)Nc1ccc(CONC)cc1. The Balaban J connectivity index is 2.62. The molecule has 0 aliphatic carbocycles. The number of hydrogen-bond acceptors (Lipinski definition) is 6. The number of ketones is 1. The first-order valence-electron chi connectivity index (χ1n) is 12.1. The van der Waals surface area contributed by atoms with Crippen LogP contribution in [0.25, 0.3) is 0 Å². The molecular formula is C26H43N3O5. The Kier molecular flexibility index (Phi) is 12.4. The smallest absolute Gasteiger partial charge is 0.246 e. The summed E-state index contributed by atoms with van der Waals surface area (Å²) in [5.41, 5.74) is 3.17. The van der Waals surface area contributed by atoms with Gasteiger partial charge in [-0.1, -0.05) is 32.9 Å². The number of ether oxygens (including phenoxy) is 1. The lowest BCUT2D eigenvalue weighted by molar-refractivity contribution is -0.135. The van der Waals surface area contributed by atoms with Gasteiger partial charge in [-0.2, -0.15) is 0 Å². The third kappa shape index (κ3) is 9.91. The molecule has 8 nitrogen and oxygen atoms in total. The first-order valence-corrected chi connectivity index (χ1v) is 12.1. The molecule has 0 heterocycles. The standard InChI is InChI=1S/C26H43N3O5/c1-8-25(5,16-17-33-26(6,9-2)15-14-19(3)30)24(32)28-20(4)23(31)29-22-12-10-21(11-13-22)18-34-27-7/h10-13,20,27H,8-9,14-18H2,1-7H3,(H,28,32)(H,29,31)/t20-,25?,26?/m1/s1. The van der Waals surface area contributed by atoms with Crippen molar-refractivity contribution < 1.29 is 24.0 Å². The van der Waals surface area contributed by atoms with Crippen LogP contribution in [0, 0.1) is 5.41 Å². The van der Waals surface area contributed by atoms with Gasteiger partial charge in [0, 0.05) is 31.2 Å². The van der Waals surface area contributed by atoms with E-state index in [1.165, 1.54) is 0 Å². The molecule has 0 bridgehead atoms. The largest absolute Gasteiger partial charge is 0.375 e. The van der Waals surface area contributed by atoms with Crippen LogP contribution in [0.5, 0.6) is 0 Å². The maximum atomic E-state index is 13.0. The zero-order valence-electron chi connectivity index (χ0n) is 21.9. The molecule has 1 aromatic carbocycles. The minimum atomic E-state index is -0.692. The summed E-state index contributed by atoms with van der Waals surface area (Å²) < 4.78 is 6.12. The highest BCUT2D eigenvalue weighted by Crippen LogP contribution is 2.29. The van der Waals surface area contributed by atoms with E-state index in [0.717, 1.165) is 12.0 Å². The third-order valence-electron chi connectivity index (χ3n) is 6.53. The number of hydrogen-bond donors (Lipinski definition) is 3. The predicted octanol–water partition coefficient (Wildman–Crippen LogP) is 4.14. The van der Waals surface area contributed by atoms with E-state index < -0.39 is 17.1 Å². The minimum Gasteiger partial charge on any atom is -0.375 e. The molecule has 0 aliphatic rings. The number of nitrogens with one attached hydrogen (secondary N) is 3. The average Bonchev–Trinajstić information content (AvgIpc) is 2.82. The quantitative estimate of drug-likeness (QED) is 0.309. The van der Waals surface area contributed by atoms with Gasteiger partial charge in [-0.15, -0.1) is 0 Å². The van der Waals surface area contributed by atoms with E-state index in [-0.39, 0.29) is 17.6 Å². The Morgan fingerprint density at radius 1 is 1.03 bits per heavy atom. The molecule has 192 valence electrons. The van der Waals surface area contributed by atoms with Crippen LogP contribution in [0.3, 0.4) is 0 Å². The van der Waals surface area contributed by atoms with Gasteiger partial charge in [0.2, 0.25) is 11.8 Å². The summed E-state index contributed by atoms with van der Waals surface area (Å²) in [5.74, 6) is -0.320. The summed E-state index contributed by atoms with van der Waals surface area (Å²) in [4.78, 5) is 42.1. The van der Waals surface area contributed by atoms with E-state index in [1.807, 2.05) is 39.8 Å². The van der Waals surface area contributed by atoms with E-state index >= 15 is 0 Å². The molecule has 1 rings (SSSR count). The number of anilines is 1. The number of rotatable bonds is 16. The van der Waals surface area contributed by atoms with Crippen molar-refractivity contribution in [2.75, 3.05) is 19.0 Å². The number of Topliss-reactive ketones (excluding diaryl/α,β-unsaturated/α-hetero) is 1. The topological polar surface area (TPSA) is 106 Å². The van der Waals surface area contributed by atoms with Crippen LogP contribution in [-0.2, 0) is 30.6 Å². The lowest BCUT2D eigenvalue weighted by atomic mass is 9.83. The van der Waals surface area contributed by atoms with Crippen molar-refractivity contribution in [3.8, 4) is 0 Å². The number of carbonyl (C=O) groups excluding carboxylic acids is 3. The van der Waals surface area contributed by atoms with Crippen molar-refractivity contribution in [2.24, 2.45) is 5.41 Å². The summed E-state index contributed by atoms with van der Waals surface area (Å²) in [5, 5.41) is 5.68. The summed E-state index contributed by atoms with van der Waals surface area (Å²) >= 11 is 0. The molecule has 0 fully saturated rings. The second-order valence-electron chi connectivity index (χ2n) is 9.39. The van der Waals surface area contributed by atoms with Crippen molar-refractivity contribution in [1.29, 1.82) is 0 Å². The molecule has 2 unspecified atom stereocenters. The Morgan fingerprint density at radius 3 is 2.21 bits per heavy atom. The maximum absolute atomic E-state index is 13.0. The number of carbonyl (C=O) groups is 3. The van der Waals surface area contributed by atoms with E-state index in [0.29, 0.717) is 44.6 Å². The molecule has 0 aromatic heterocycles. The third-order valence-corrected chi connectivity index (χ3v) is 6.53. The molecule has 0 aliphatic heterocycles. The van der Waals surface area contributed by atoms with Crippen LogP contribution in [0.2, 0.25) is 0 Å². The zero-order valence-corrected chi connectivity index (χ0v) is 21.9. The molecule has 2 amide bonds. The Labute approximate surface area is 204 Å². The van der Waals surface area contributed by atoms with Gasteiger partial charge in [0.15, 0.2) is 0 Å². The lowest BCUT2D eigenvalue weighted by Gasteiger charge is -2.32. The van der Waals surface area contributed by atoms with Crippen molar-refractivity contribution in [1.82, 2.24) is 10.8 Å². The molecule has 0 radical (unpaired) electrons. The van der Waals surface area contributed by atoms with Crippen LogP contribution in [0.4, 0.5) is 5.69 Å². The van der Waals surface area contributed by atoms with Gasteiger partial charge in [-0.05, 0) is 64.2 Å². The first kappa shape index (κ1) is 29.7. The molecule has 0 saturated heterocycles. The average molecular weight is 478 g/mol. The van der Waals surface area contributed by atoms with Gasteiger partial charge in [-0.25, -0.2) is 5.48 Å². The fourth-order valence-corrected chi connectivity index (χ4v) is 3.29. The normalized spacial score (nSPS) is 15.6. The van der Waals surface area contributed by atoms with Gasteiger partial charge in [0.05, 0.1) is 12.2 Å². The maximum Gasteiger partial charge on any atom is 0.246 e. The lowest BCUT2D eigenvalue weighted by Crippen LogP contribution is -2.48. The highest BCUT2D eigenvalue weighted by atomic mass is 16.6. The van der Waals surface area contributed by atoms with E-state index in [9.17, 15) is 14.4 Å². The van der Waals surface area contributed by atoms with E-state index in [2.05, 4.69) is 16.1 Å². The zero-order chi connectivity index (χ0) is 25.8. The highest BCUT2D eigenvalue weighted by molar-refractivity contribution is 5.97. The molecule has 8 heteroatoms. The van der Waals surface area contributed by atoms with Gasteiger partial charge in [-0.3, -0.25) is 14.4 Å². The van der Waals surface area contributed by atoms with Crippen LogP contribution in [0.1, 0.15) is 79.2 Å². The minimum absolute atomic E-state index is 0.145. The predicted molar refractivity (Wildman–Crippen MR) is 134 cm³/mol. The summed E-state index contributed by atoms with van der Waals surface area (Å²) in [6, 6.07) is 6.63. The van der Waals surface area contributed by atoms with Gasteiger partial charge < -0.3 is 20.2 Å². The van der Waals surface area contributed by atoms with Gasteiger partial charge in [0.1, 0.15) is 11.8 Å². The molecule has 0 saturated carbocycles. The van der Waals surface area contributed by atoms with E-state index in [1.54, 1.807) is 33.0 Å². The van der Waals surface area contributed by atoms with Gasteiger partial charge >= 0.3 is 0 Å². The van der Waals surface area contributed by atoms with Crippen LogP contribution < -0.4 is 16.1 Å². The summed E-state index contributed by atoms with van der Waals surface area (Å²) in [6.07, 6.45) is 3.07. The summed E-state index contributed by atoms with van der Waals surface area (Å²) in [6.45, 7) is 12.0. The number of benzene rings is 1.